The molecule has 3 atom stereocenters. The van der Waals surface area contributed by atoms with Crippen molar-refractivity contribution in [3.63, 3.8) is 0 Å². The molecule has 50 heavy (non-hydrogen) atoms. The van der Waals surface area contributed by atoms with Gasteiger partial charge in [0, 0.05) is 43.5 Å². The van der Waals surface area contributed by atoms with Crippen LogP contribution in [0.3, 0.4) is 0 Å². The number of urea groups is 1. The first-order chi connectivity index (χ1) is 23.9. The Morgan fingerprint density at radius 3 is 2.38 bits per heavy atom. The number of ether oxygens (including phenoxy) is 3. The molecule has 0 unspecified atom stereocenters. The highest BCUT2D eigenvalue weighted by atomic mass is 32.2. The number of carbonyl (C=O) groups excluding carboxylic acids is 2. The summed E-state index contributed by atoms with van der Waals surface area (Å²) in [5, 5.41) is 7.67. The molecule has 0 spiro atoms. The molecule has 4 aromatic rings. The second-order valence-electron chi connectivity index (χ2n) is 13.1. The molecule has 6 rings (SSSR count). The second-order valence-corrected chi connectivity index (χ2v) is 15.1. The van der Waals surface area contributed by atoms with Crippen molar-refractivity contribution in [1.29, 1.82) is 0 Å². The van der Waals surface area contributed by atoms with E-state index in [4.69, 9.17) is 14.2 Å². The number of fused-ring (bicyclic) bond motifs is 3. The topological polar surface area (TPSA) is 130 Å². The van der Waals surface area contributed by atoms with Gasteiger partial charge < -0.3 is 34.6 Å². The Kier molecular flexibility index (Phi) is 10.2. The van der Waals surface area contributed by atoms with Crippen molar-refractivity contribution in [3.05, 3.63) is 84.4 Å². The molecule has 264 valence electrons. The van der Waals surface area contributed by atoms with E-state index in [1.165, 1.54) is 23.5 Å². The largest absolute Gasteiger partial charge is 0.486 e. The Hall–Kier alpha value is -4.85. The molecular weight excluding hydrogens is 659 g/mol. The number of likely N-dealkylation sites (N-methyl/N-ethyl adjacent to an activating group) is 2. The summed E-state index contributed by atoms with van der Waals surface area (Å²) in [6.45, 7) is 5.56. The predicted molar refractivity (Wildman–Crippen MR) is 193 cm³/mol. The maximum absolute atomic E-state index is 14.2. The predicted octanol–water partition coefficient (Wildman–Crippen LogP) is 5.37. The van der Waals surface area contributed by atoms with Gasteiger partial charge in [-0.05, 0) is 56.7 Å². The Morgan fingerprint density at radius 1 is 0.920 bits per heavy atom. The number of benzene rings is 4. The van der Waals surface area contributed by atoms with Crippen LogP contribution >= 0.6 is 0 Å². The van der Waals surface area contributed by atoms with Gasteiger partial charge in [0.2, 0.25) is 10.0 Å². The van der Waals surface area contributed by atoms with Gasteiger partial charge in [0.05, 0.1) is 28.4 Å². The molecule has 0 aliphatic carbocycles. The molecule has 0 aromatic heterocycles. The Balaban J connectivity index is 1.32. The fourth-order valence-electron chi connectivity index (χ4n) is 6.41. The molecule has 2 aliphatic heterocycles. The lowest BCUT2D eigenvalue weighted by Crippen LogP contribution is -2.51. The highest BCUT2D eigenvalue weighted by molar-refractivity contribution is 7.89. The van der Waals surface area contributed by atoms with Crippen LogP contribution in [0.4, 0.5) is 16.2 Å². The first-order valence-corrected chi connectivity index (χ1v) is 18.0. The molecule has 0 radical (unpaired) electrons. The van der Waals surface area contributed by atoms with Crippen LogP contribution in [0.15, 0.2) is 83.8 Å². The monoisotopic (exact) mass is 701 g/mol. The lowest BCUT2D eigenvalue weighted by Gasteiger charge is -2.39. The third kappa shape index (κ3) is 7.35. The summed E-state index contributed by atoms with van der Waals surface area (Å²) < 4.78 is 46.8. The van der Waals surface area contributed by atoms with E-state index in [0.29, 0.717) is 43.5 Å². The fourth-order valence-corrected chi connectivity index (χ4v) is 7.61. The van der Waals surface area contributed by atoms with E-state index in [2.05, 4.69) is 10.6 Å². The zero-order valence-corrected chi connectivity index (χ0v) is 29.7. The minimum absolute atomic E-state index is 0.0298. The summed E-state index contributed by atoms with van der Waals surface area (Å²) in [7, 11) is 1.41. The number of hydrogen-bond donors (Lipinski definition) is 2. The number of para-hydroxylation sites is 1. The van der Waals surface area contributed by atoms with Crippen LogP contribution in [0.5, 0.6) is 17.2 Å². The molecule has 2 heterocycles. The van der Waals surface area contributed by atoms with Gasteiger partial charge in [0.25, 0.3) is 5.91 Å². The maximum atomic E-state index is 14.2. The van der Waals surface area contributed by atoms with E-state index in [0.717, 1.165) is 10.8 Å². The van der Waals surface area contributed by atoms with Crippen LogP contribution in [-0.2, 0) is 10.0 Å². The third-order valence-corrected chi connectivity index (χ3v) is 10.8. The van der Waals surface area contributed by atoms with Crippen molar-refractivity contribution in [2.24, 2.45) is 5.92 Å². The van der Waals surface area contributed by atoms with Gasteiger partial charge in [-0.15, -0.1) is 0 Å². The third-order valence-electron chi connectivity index (χ3n) is 9.00. The average Bonchev–Trinajstić information content (AvgIpc) is 3.09. The van der Waals surface area contributed by atoms with Crippen molar-refractivity contribution in [3.8, 4) is 17.2 Å². The van der Waals surface area contributed by atoms with Crippen LogP contribution in [0.25, 0.3) is 10.8 Å². The van der Waals surface area contributed by atoms with Gasteiger partial charge in [-0.2, -0.15) is 4.31 Å². The average molecular weight is 702 g/mol. The van der Waals surface area contributed by atoms with Gasteiger partial charge in [0.1, 0.15) is 19.3 Å². The number of anilines is 2. The zero-order chi connectivity index (χ0) is 35.6. The molecule has 2 aliphatic rings. The van der Waals surface area contributed by atoms with Crippen LogP contribution in [0.1, 0.15) is 24.2 Å². The van der Waals surface area contributed by atoms with Gasteiger partial charge in [0.15, 0.2) is 17.2 Å². The normalized spacial score (nSPS) is 18.2. The summed E-state index contributed by atoms with van der Waals surface area (Å²) in [5.41, 5.74) is 1.18. The van der Waals surface area contributed by atoms with Crippen molar-refractivity contribution >= 4 is 44.1 Å². The summed E-state index contributed by atoms with van der Waals surface area (Å²) in [6.07, 6.45) is -0.697. The van der Waals surface area contributed by atoms with Gasteiger partial charge >= 0.3 is 6.03 Å². The first-order valence-electron chi connectivity index (χ1n) is 16.6. The molecule has 3 amide bonds. The van der Waals surface area contributed by atoms with Crippen LogP contribution < -0.4 is 24.8 Å². The molecule has 0 saturated carbocycles. The lowest BCUT2D eigenvalue weighted by molar-refractivity contribution is 0.0439. The van der Waals surface area contributed by atoms with Crippen LogP contribution in [-0.4, -0.2) is 101 Å². The zero-order valence-electron chi connectivity index (χ0n) is 28.9. The highest BCUT2D eigenvalue weighted by Gasteiger charge is 2.37. The van der Waals surface area contributed by atoms with Crippen molar-refractivity contribution in [1.82, 2.24) is 14.1 Å². The lowest BCUT2D eigenvalue weighted by atomic mass is 9.99. The second kappa shape index (κ2) is 14.6. The SMILES string of the molecule is C[C@@H]1CN([C@@H](C)CN(C)C)C(=O)c2cccc(NC(=O)Nc3cccc4ccccc34)c2O[C@H]1CN(C)S(=O)(=O)c1ccc2c(c1)OCCO2. The Morgan fingerprint density at radius 2 is 1.60 bits per heavy atom. The van der Waals surface area contributed by atoms with Gasteiger partial charge in [-0.3, -0.25) is 4.79 Å². The van der Waals surface area contributed by atoms with Crippen molar-refractivity contribution in [2.45, 2.75) is 30.9 Å². The summed E-state index contributed by atoms with van der Waals surface area (Å²) >= 11 is 0. The molecule has 2 N–H and O–H groups in total. The molecule has 0 fully saturated rings. The van der Waals surface area contributed by atoms with Crippen LogP contribution in [0.2, 0.25) is 0 Å². The Bertz CT molecular complexity index is 2000. The molecule has 0 saturated heterocycles. The molecular formula is C37H43N5O7S. The minimum atomic E-state index is -3.98. The van der Waals surface area contributed by atoms with E-state index < -0.39 is 22.2 Å². The van der Waals surface area contributed by atoms with Gasteiger partial charge in [-0.25, -0.2) is 13.2 Å². The quantitative estimate of drug-likeness (QED) is 0.239. The number of sulfonamides is 1. The smallest absolute Gasteiger partial charge is 0.323 e. The summed E-state index contributed by atoms with van der Waals surface area (Å²) in [4.78, 5) is 31.5. The van der Waals surface area contributed by atoms with E-state index in [9.17, 15) is 18.0 Å². The molecule has 4 aromatic carbocycles. The standard InChI is InChI=1S/C37H43N5O7S/c1-24-21-42(25(2)22-40(3)4)36(43)29-13-9-15-31(39-37(44)38-30-14-8-11-26-10-6-7-12-28(26)30)35(29)49-34(24)23-41(5)50(45,46)27-16-17-32-33(20-27)48-19-18-47-32/h6-17,20,24-25,34H,18-19,21-23H2,1-5H3,(H2,38,39,44)/t24-,25+,34+/m1/s1. The van der Waals surface area contributed by atoms with Gasteiger partial charge in [-0.1, -0.05) is 49.4 Å². The van der Waals surface area contributed by atoms with Crippen molar-refractivity contribution < 1.29 is 32.2 Å². The fraction of sp³-hybridized carbons (Fsp3) is 0.351. The Labute approximate surface area is 292 Å². The number of rotatable bonds is 9. The van der Waals surface area contributed by atoms with E-state index in [1.807, 2.05) is 75.3 Å². The van der Waals surface area contributed by atoms with E-state index in [-0.39, 0.29) is 46.3 Å². The minimum Gasteiger partial charge on any atom is -0.486 e. The maximum Gasteiger partial charge on any atom is 0.323 e. The number of nitrogens with one attached hydrogen (secondary N) is 2. The number of carbonyl (C=O) groups is 2. The van der Waals surface area contributed by atoms with Crippen molar-refractivity contribution in [2.75, 3.05) is 64.6 Å². The summed E-state index contributed by atoms with van der Waals surface area (Å²) in [6, 6.07) is 22.3. The molecule has 12 nitrogen and oxygen atoms in total. The van der Waals surface area contributed by atoms with Crippen LogP contribution in [0, 0.1) is 5.92 Å². The highest BCUT2D eigenvalue weighted by Crippen LogP contribution is 2.37. The molecule has 13 heteroatoms. The number of hydrogen-bond acceptors (Lipinski definition) is 8. The number of nitrogens with zero attached hydrogens (tertiary/aromatic N) is 3. The summed E-state index contributed by atoms with van der Waals surface area (Å²) in [5.74, 6) is 0.501. The van der Waals surface area contributed by atoms with E-state index >= 15 is 0 Å². The van der Waals surface area contributed by atoms with E-state index in [1.54, 1.807) is 29.2 Å². The molecule has 0 bridgehead atoms. The first kappa shape index (κ1) is 35.0. The number of amides is 3.